The van der Waals surface area contributed by atoms with E-state index in [1.807, 2.05) is 13.2 Å². The molecular formula is C13H17N5S. The standard InChI is InChI=1S/C13H17N5S/c1-7(2)5-9-8(3)17-18-11(15)10(6-14)13(19-4)16-12(9)18/h7H,5,15H2,1-4H3. The number of nitriles is 1. The van der Waals surface area contributed by atoms with Crippen LogP contribution in [0.1, 0.15) is 30.7 Å². The van der Waals surface area contributed by atoms with Gasteiger partial charge in [-0.25, -0.2) is 4.98 Å². The summed E-state index contributed by atoms with van der Waals surface area (Å²) in [7, 11) is 0. The third kappa shape index (κ3) is 2.26. The van der Waals surface area contributed by atoms with Crippen LogP contribution in [0, 0.1) is 24.2 Å². The molecule has 0 aromatic carbocycles. The molecule has 0 aliphatic rings. The third-order valence-corrected chi connectivity index (χ3v) is 3.66. The molecule has 19 heavy (non-hydrogen) atoms. The predicted octanol–water partition coefficient (Wildman–Crippen LogP) is 2.41. The molecule has 0 amide bonds. The number of nitrogen functional groups attached to an aromatic ring is 1. The molecular weight excluding hydrogens is 258 g/mol. The maximum atomic E-state index is 9.19. The first-order valence-corrected chi connectivity index (χ1v) is 7.33. The SMILES string of the molecule is CSc1nc2c(CC(C)C)c(C)nn2c(N)c1C#N. The Labute approximate surface area is 116 Å². The molecule has 2 rings (SSSR count). The van der Waals surface area contributed by atoms with E-state index in [4.69, 9.17) is 5.73 Å². The fraction of sp³-hybridized carbons (Fsp3) is 0.462. The van der Waals surface area contributed by atoms with Crippen molar-refractivity contribution in [2.24, 2.45) is 5.92 Å². The summed E-state index contributed by atoms with van der Waals surface area (Å²) in [5, 5.41) is 14.3. The number of fused-ring (bicyclic) bond motifs is 1. The van der Waals surface area contributed by atoms with Crippen LogP contribution in [0.3, 0.4) is 0 Å². The molecule has 2 heterocycles. The van der Waals surface area contributed by atoms with Gasteiger partial charge < -0.3 is 5.73 Å². The van der Waals surface area contributed by atoms with Gasteiger partial charge in [0, 0.05) is 5.56 Å². The van der Waals surface area contributed by atoms with Crippen LogP contribution in [0.2, 0.25) is 0 Å². The van der Waals surface area contributed by atoms with Crippen molar-refractivity contribution in [3.05, 3.63) is 16.8 Å². The van der Waals surface area contributed by atoms with Crippen LogP contribution >= 0.6 is 11.8 Å². The first-order valence-electron chi connectivity index (χ1n) is 6.11. The van der Waals surface area contributed by atoms with E-state index in [1.165, 1.54) is 11.8 Å². The molecule has 0 aliphatic carbocycles. The molecule has 0 aliphatic heterocycles. The monoisotopic (exact) mass is 275 g/mol. The summed E-state index contributed by atoms with van der Waals surface area (Å²) in [6.07, 6.45) is 2.80. The van der Waals surface area contributed by atoms with Crippen molar-refractivity contribution in [2.75, 3.05) is 12.0 Å². The summed E-state index contributed by atoms with van der Waals surface area (Å²) in [6, 6.07) is 2.11. The van der Waals surface area contributed by atoms with E-state index >= 15 is 0 Å². The van der Waals surface area contributed by atoms with E-state index in [9.17, 15) is 5.26 Å². The number of aromatic nitrogens is 3. The third-order valence-electron chi connectivity index (χ3n) is 2.98. The van der Waals surface area contributed by atoms with E-state index in [0.717, 1.165) is 23.3 Å². The van der Waals surface area contributed by atoms with Crippen LogP contribution in [-0.4, -0.2) is 20.9 Å². The van der Waals surface area contributed by atoms with Crippen molar-refractivity contribution in [1.82, 2.24) is 14.6 Å². The summed E-state index contributed by atoms with van der Waals surface area (Å²) in [5.41, 5.74) is 9.25. The summed E-state index contributed by atoms with van der Waals surface area (Å²) in [6.45, 7) is 6.27. The highest BCUT2D eigenvalue weighted by Gasteiger charge is 2.18. The summed E-state index contributed by atoms with van der Waals surface area (Å²) < 4.78 is 1.59. The van der Waals surface area contributed by atoms with Gasteiger partial charge in [0.15, 0.2) is 5.65 Å². The highest BCUT2D eigenvalue weighted by molar-refractivity contribution is 7.98. The Hall–Kier alpha value is -1.74. The Balaban J connectivity index is 2.78. The van der Waals surface area contributed by atoms with Gasteiger partial charge in [0.1, 0.15) is 22.5 Å². The average Bonchev–Trinajstić information content (AvgIpc) is 2.66. The van der Waals surface area contributed by atoms with Crippen LogP contribution in [0.5, 0.6) is 0 Å². The molecule has 0 unspecified atom stereocenters. The molecule has 0 atom stereocenters. The van der Waals surface area contributed by atoms with E-state index in [0.29, 0.717) is 22.3 Å². The first-order chi connectivity index (χ1) is 8.99. The number of nitrogens with two attached hydrogens (primary N) is 1. The number of thioether (sulfide) groups is 1. The van der Waals surface area contributed by atoms with Gasteiger partial charge in [-0.1, -0.05) is 13.8 Å². The van der Waals surface area contributed by atoms with Gasteiger partial charge in [-0.05, 0) is 25.5 Å². The Morgan fingerprint density at radius 1 is 1.47 bits per heavy atom. The minimum absolute atomic E-state index is 0.370. The Morgan fingerprint density at radius 3 is 2.68 bits per heavy atom. The van der Waals surface area contributed by atoms with Gasteiger partial charge in [-0.2, -0.15) is 14.9 Å². The molecule has 0 saturated carbocycles. The van der Waals surface area contributed by atoms with Gasteiger partial charge in [-0.3, -0.25) is 0 Å². The zero-order valence-electron chi connectivity index (χ0n) is 11.6. The zero-order valence-corrected chi connectivity index (χ0v) is 12.4. The lowest BCUT2D eigenvalue weighted by Gasteiger charge is -2.07. The van der Waals surface area contributed by atoms with Crippen LogP contribution in [0.25, 0.3) is 5.65 Å². The lowest BCUT2D eigenvalue weighted by Crippen LogP contribution is -2.06. The fourth-order valence-corrected chi connectivity index (χ4v) is 2.63. The molecule has 5 nitrogen and oxygen atoms in total. The molecule has 0 radical (unpaired) electrons. The van der Waals surface area contributed by atoms with Crippen molar-refractivity contribution >= 4 is 23.2 Å². The summed E-state index contributed by atoms with van der Waals surface area (Å²) in [4.78, 5) is 4.56. The molecule has 0 bridgehead atoms. The molecule has 0 spiro atoms. The quantitative estimate of drug-likeness (QED) is 0.687. The van der Waals surface area contributed by atoms with E-state index in [1.54, 1.807) is 4.52 Å². The maximum Gasteiger partial charge on any atom is 0.162 e. The lowest BCUT2D eigenvalue weighted by atomic mass is 10.0. The van der Waals surface area contributed by atoms with Crippen molar-refractivity contribution < 1.29 is 0 Å². The number of hydrogen-bond donors (Lipinski definition) is 1. The van der Waals surface area contributed by atoms with Gasteiger partial charge in [0.25, 0.3) is 0 Å². The highest BCUT2D eigenvalue weighted by Crippen LogP contribution is 2.27. The van der Waals surface area contributed by atoms with E-state index in [2.05, 4.69) is 30.0 Å². The van der Waals surface area contributed by atoms with Gasteiger partial charge in [0.05, 0.1) is 5.69 Å². The van der Waals surface area contributed by atoms with Crippen molar-refractivity contribution in [1.29, 1.82) is 5.26 Å². The van der Waals surface area contributed by atoms with Gasteiger partial charge >= 0.3 is 0 Å². The second-order valence-corrected chi connectivity index (χ2v) is 5.69. The molecule has 2 N–H and O–H groups in total. The lowest BCUT2D eigenvalue weighted by molar-refractivity contribution is 0.646. The minimum atomic E-state index is 0.370. The molecule has 100 valence electrons. The fourth-order valence-electron chi connectivity index (χ4n) is 2.10. The number of anilines is 1. The normalized spacial score (nSPS) is 11.2. The predicted molar refractivity (Wildman–Crippen MR) is 77.2 cm³/mol. The van der Waals surface area contributed by atoms with Crippen LogP contribution in [-0.2, 0) is 6.42 Å². The molecule has 2 aromatic rings. The van der Waals surface area contributed by atoms with Crippen molar-refractivity contribution in [2.45, 2.75) is 32.2 Å². The maximum absolute atomic E-state index is 9.19. The zero-order chi connectivity index (χ0) is 14.2. The summed E-state index contributed by atoms with van der Waals surface area (Å²) in [5.74, 6) is 0.887. The Kier molecular flexibility index (Phi) is 3.67. The first kappa shape index (κ1) is 13.7. The largest absolute Gasteiger partial charge is 0.382 e. The highest BCUT2D eigenvalue weighted by atomic mass is 32.2. The molecule has 0 saturated heterocycles. The number of rotatable bonds is 3. The van der Waals surface area contributed by atoms with E-state index < -0.39 is 0 Å². The smallest absolute Gasteiger partial charge is 0.162 e. The van der Waals surface area contributed by atoms with Crippen LogP contribution in [0.15, 0.2) is 5.03 Å². The van der Waals surface area contributed by atoms with Crippen molar-refractivity contribution in [3.8, 4) is 6.07 Å². The Morgan fingerprint density at radius 2 is 2.16 bits per heavy atom. The van der Waals surface area contributed by atoms with E-state index in [-0.39, 0.29) is 0 Å². The Bertz CT molecular complexity index is 666. The number of nitrogens with zero attached hydrogens (tertiary/aromatic N) is 4. The topological polar surface area (TPSA) is 80.0 Å². The molecule has 6 heteroatoms. The van der Waals surface area contributed by atoms with Crippen LogP contribution in [0.4, 0.5) is 5.82 Å². The van der Waals surface area contributed by atoms with Crippen molar-refractivity contribution in [3.63, 3.8) is 0 Å². The minimum Gasteiger partial charge on any atom is -0.382 e. The second kappa shape index (κ2) is 5.10. The average molecular weight is 275 g/mol. The van der Waals surface area contributed by atoms with Gasteiger partial charge in [0.2, 0.25) is 0 Å². The number of hydrogen-bond acceptors (Lipinski definition) is 5. The molecule has 0 fully saturated rings. The summed E-state index contributed by atoms with van der Waals surface area (Å²) >= 11 is 1.43. The van der Waals surface area contributed by atoms with Gasteiger partial charge in [-0.15, -0.1) is 11.8 Å². The number of aryl methyl sites for hydroxylation is 1. The van der Waals surface area contributed by atoms with Crippen LogP contribution < -0.4 is 5.73 Å². The second-order valence-electron chi connectivity index (χ2n) is 4.89. The molecule has 2 aromatic heterocycles.